The molecule has 0 N–H and O–H groups in total. The van der Waals surface area contributed by atoms with Crippen LogP contribution < -0.4 is 4.74 Å². The average Bonchev–Trinajstić information content (AvgIpc) is 3.00. The van der Waals surface area contributed by atoms with Crippen LogP contribution in [0.3, 0.4) is 0 Å². The Bertz CT molecular complexity index is 954. The van der Waals surface area contributed by atoms with Crippen molar-refractivity contribution in [1.29, 1.82) is 0 Å². The van der Waals surface area contributed by atoms with E-state index in [0.29, 0.717) is 27.5 Å². The van der Waals surface area contributed by atoms with Gasteiger partial charge in [-0.05, 0) is 75.4 Å². The van der Waals surface area contributed by atoms with Crippen molar-refractivity contribution in [3.8, 4) is 5.75 Å². The molecule has 0 radical (unpaired) electrons. The van der Waals surface area contributed by atoms with Gasteiger partial charge < -0.3 is 4.74 Å². The number of amides is 1. The van der Waals surface area contributed by atoms with Gasteiger partial charge in [0.25, 0.3) is 5.91 Å². The highest BCUT2D eigenvalue weighted by Crippen LogP contribution is 2.37. The highest BCUT2D eigenvalue weighted by molar-refractivity contribution is 8.18. The number of rotatable bonds is 6. The van der Waals surface area contributed by atoms with Crippen molar-refractivity contribution in [2.75, 3.05) is 6.61 Å². The number of benzene rings is 2. The predicted molar refractivity (Wildman–Crippen MR) is 123 cm³/mol. The maximum absolute atomic E-state index is 13.2. The molecule has 29 heavy (non-hydrogen) atoms. The molecule has 2 aromatic carbocycles. The summed E-state index contributed by atoms with van der Waals surface area (Å²) >= 11 is 7.56. The Balaban J connectivity index is 2.01. The van der Waals surface area contributed by atoms with Gasteiger partial charge in [0.2, 0.25) is 0 Å². The van der Waals surface area contributed by atoms with E-state index < -0.39 is 0 Å². The van der Waals surface area contributed by atoms with Crippen molar-refractivity contribution in [3.63, 3.8) is 0 Å². The Kier molecular flexibility index (Phi) is 7.04. The van der Waals surface area contributed by atoms with Crippen LogP contribution in [0, 0.1) is 6.92 Å². The van der Waals surface area contributed by atoms with Gasteiger partial charge in [0.15, 0.2) is 5.17 Å². The van der Waals surface area contributed by atoms with Gasteiger partial charge in [-0.15, -0.1) is 0 Å². The lowest BCUT2D eigenvalue weighted by Crippen LogP contribution is -2.36. The number of aliphatic imine (C=N–C) groups is 1. The van der Waals surface area contributed by atoms with Crippen LogP contribution in [0.1, 0.15) is 38.3 Å². The third-order valence-electron chi connectivity index (χ3n) is 4.69. The molecule has 1 amide bonds. The molecule has 0 unspecified atom stereocenters. The van der Waals surface area contributed by atoms with Crippen LogP contribution >= 0.6 is 23.4 Å². The van der Waals surface area contributed by atoms with E-state index in [-0.39, 0.29) is 11.9 Å². The van der Waals surface area contributed by atoms with Gasteiger partial charge in [0.05, 0.1) is 17.2 Å². The van der Waals surface area contributed by atoms with Crippen LogP contribution in [0.25, 0.3) is 6.08 Å². The first kappa shape index (κ1) is 21.5. The van der Waals surface area contributed by atoms with E-state index in [1.165, 1.54) is 17.3 Å². The Morgan fingerprint density at radius 1 is 1.21 bits per heavy atom. The van der Waals surface area contributed by atoms with Crippen molar-refractivity contribution in [3.05, 3.63) is 63.5 Å². The molecule has 0 saturated carbocycles. The summed E-state index contributed by atoms with van der Waals surface area (Å²) in [5.41, 5.74) is 2.79. The molecule has 4 nitrogen and oxygen atoms in total. The average molecular weight is 429 g/mol. The molecule has 6 heteroatoms. The summed E-state index contributed by atoms with van der Waals surface area (Å²) in [6.07, 6.45) is 2.69. The van der Waals surface area contributed by atoms with Crippen LogP contribution in [-0.4, -0.2) is 28.6 Å². The van der Waals surface area contributed by atoms with Crippen molar-refractivity contribution in [2.45, 2.75) is 40.2 Å². The smallest absolute Gasteiger partial charge is 0.267 e. The Morgan fingerprint density at radius 2 is 1.93 bits per heavy atom. The molecule has 0 spiro atoms. The second-order valence-electron chi connectivity index (χ2n) is 6.89. The minimum atomic E-state index is -0.0439. The number of nitrogens with zero attached hydrogens (tertiary/aromatic N) is 2. The highest BCUT2D eigenvalue weighted by atomic mass is 35.5. The number of thioether (sulfide) groups is 1. The van der Waals surface area contributed by atoms with E-state index in [1.54, 1.807) is 11.0 Å². The fourth-order valence-corrected chi connectivity index (χ4v) is 4.19. The Morgan fingerprint density at radius 3 is 2.59 bits per heavy atom. The Hall–Kier alpha value is -2.24. The van der Waals surface area contributed by atoms with E-state index in [1.807, 2.05) is 63.2 Å². The lowest BCUT2D eigenvalue weighted by atomic mass is 10.1. The minimum absolute atomic E-state index is 0.0439. The monoisotopic (exact) mass is 428 g/mol. The second kappa shape index (κ2) is 9.51. The van der Waals surface area contributed by atoms with Crippen LogP contribution in [0.15, 0.2) is 52.4 Å². The van der Waals surface area contributed by atoms with Crippen LogP contribution in [0.2, 0.25) is 5.02 Å². The number of ether oxygens (including phenoxy) is 1. The predicted octanol–water partition coefficient (Wildman–Crippen LogP) is 6.45. The molecular formula is C23H25ClN2O2S. The van der Waals surface area contributed by atoms with E-state index >= 15 is 0 Å². The lowest BCUT2D eigenvalue weighted by molar-refractivity contribution is -0.123. The first-order valence-electron chi connectivity index (χ1n) is 9.73. The maximum atomic E-state index is 13.2. The SMILES string of the molecule is CCOc1ccc(Cl)cc1/C=C1/SC(=Nc2ccc(C)cc2)N([C@H](C)CC)C1=O. The molecule has 152 valence electrons. The molecular weight excluding hydrogens is 404 g/mol. The van der Waals surface area contributed by atoms with Gasteiger partial charge in [-0.25, -0.2) is 4.99 Å². The normalized spacial score (nSPS) is 18.0. The third-order valence-corrected chi connectivity index (χ3v) is 5.90. The number of amidine groups is 1. The summed E-state index contributed by atoms with van der Waals surface area (Å²) in [4.78, 5) is 20.3. The van der Waals surface area contributed by atoms with Gasteiger partial charge in [-0.3, -0.25) is 9.69 Å². The van der Waals surface area contributed by atoms with Crippen molar-refractivity contribution < 1.29 is 9.53 Å². The van der Waals surface area contributed by atoms with E-state index in [4.69, 9.17) is 21.3 Å². The minimum Gasteiger partial charge on any atom is -0.493 e. The van der Waals surface area contributed by atoms with E-state index in [2.05, 4.69) is 6.92 Å². The number of hydrogen-bond donors (Lipinski definition) is 0. The molecule has 1 fully saturated rings. The largest absolute Gasteiger partial charge is 0.493 e. The zero-order valence-corrected chi connectivity index (χ0v) is 18.7. The first-order valence-corrected chi connectivity index (χ1v) is 10.9. The van der Waals surface area contributed by atoms with E-state index in [0.717, 1.165) is 17.7 Å². The quantitative estimate of drug-likeness (QED) is 0.496. The zero-order chi connectivity index (χ0) is 21.0. The summed E-state index contributed by atoms with van der Waals surface area (Å²) < 4.78 is 5.70. The molecule has 1 atom stereocenters. The van der Waals surface area contributed by atoms with Crippen molar-refractivity contribution in [2.24, 2.45) is 4.99 Å². The lowest BCUT2D eigenvalue weighted by Gasteiger charge is -2.22. The van der Waals surface area contributed by atoms with Crippen LogP contribution in [0.4, 0.5) is 5.69 Å². The molecule has 0 bridgehead atoms. The van der Waals surface area contributed by atoms with Gasteiger partial charge in [-0.1, -0.05) is 36.2 Å². The summed E-state index contributed by atoms with van der Waals surface area (Å²) in [6.45, 7) is 8.61. The van der Waals surface area contributed by atoms with Crippen LogP contribution in [0.5, 0.6) is 5.75 Å². The topological polar surface area (TPSA) is 41.9 Å². The molecule has 0 aromatic heterocycles. The van der Waals surface area contributed by atoms with E-state index in [9.17, 15) is 4.79 Å². The highest BCUT2D eigenvalue weighted by Gasteiger charge is 2.36. The number of hydrogen-bond acceptors (Lipinski definition) is 4. The van der Waals surface area contributed by atoms with Gasteiger partial charge >= 0.3 is 0 Å². The molecule has 1 saturated heterocycles. The van der Waals surface area contributed by atoms with Crippen molar-refractivity contribution in [1.82, 2.24) is 4.90 Å². The second-order valence-corrected chi connectivity index (χ2v) is 8.33. The van der Waals surface area contributed by atoms with Crippen LogP contribution in [-0.2, 0) is 4.79 Å². The zero-order valence-electron chi connectivity index (χ0n) is 17.1. The van der Waals surface area contributed by atoms with Gasteiger partial charge in [-0.2, -0.15) is 0 Å². The number of carbonyl (C=O) groups is 1. The third kappa shape index (κ3) is 5.03. The molecule has 2 aromatic rings. The molecule has 1 aliphatic rings. The van der Waals surface area contributed by atoms with Gasteiger partial charge in [0, 0.05) is 16.6 Å². The summed E-state index contributed by atoms with van der Waals surface area (Å²) in [7, 11) is 0. The molecule has 1 aliphatic heterocycles. The number of carbonyl (C=O) groups excluding carboxylic acids is 1. The number of halogens is 1. The summed E-state index contributed by atoms with van der Waals surface area (Å²) in [5.74, 6) is 0.662. The van der Waals surface area contributed by atoms with Crippen molar-refractivity contribution >= 4 is 46.2 Å². The standard InChI is InChI=1S/C23H25ClN2O2S/c1-5-16(4)26-22(27)21(14-17-13-18(24)9-12-20(17)28-6-2)29-23(26)25-19-10-7-15(3)8-11-19/h7-14,16H,5-6H2,1-4H3/b21-14+,25-23?/t16-/m1/s1. The molecule has 1 heterocycles. The maximum Gasteiger partial charge on any atom is 0.267 e. The fourth-order valence-electron chi connectivity index (χ4n) is 2.93. The summed E-state index contributed by atoms with van der Waals surface area (Å²) in [6, 6.07) is 13.5. The first-order chi connectivity index (χ1) is 13.9. The Labute approximate surface area is 181 Å². The summed E-state index contributed by atoms with van der Waals surface area (Å²) in [5, 5.41) is 1.29. The van der Waals surface area contributed by atoms with Gasteiger partial charge in [0.1, 0.15) is 5.75 Å². The molecule has 0 aliphatic carbocycles. The number of aryl methyl sites for hydroxylation is 1. The fraction of sp³-hybridized carbons (Fsp3) is 0.304. The molecule has 3 rings (SSSR count).